The lowest BCUT2D eigenvalue weighted by Crippen LogP contribution is -2.60. The third-order valence-corrected chi connectivity index (χ3v) is 18.2. The highest BCUT2D eigenvalue weighted by Gasteiger charge is 2.44. The van der Waals surface area contributed by atoms with Gasteiger partial charge in [-0.3, -0.25) is 4.79 Å². The van der Waals surface area contributed by atoms with Gasteiger partial charge in [-0.2, -0.15) is 0 Å². The number of hydrogen-bond donors (Lipinski definition) is 6. The average molecular weight is 1260 g/mol. The SMILES string of the molecule is CC/C=C\C/C=C\C/C=C\C/C=C\CCCCCCCCCCCCCCCCCCCCCCCCC(=O)NC(COC1OC(CO)C(O)C(O)C1O)C(O)/C=C/CC/C=C/CC/C=C/CCCCCCCCCCCCCCCCCCCCCCCC. The molecule has 9 heteroatoms. The Balaban J connectivity index is 2.11. The molecule has 1 amide bonds. The van der Waals surface area contributed by atoms with Gasteiger partial charge in [0.05, 0.1) is 25.4 Å². The van der Waals surface area contributed by atoms with Crippen molar-refractivity contribution in [2.75, 3.05) is 13.2 Å². The van der Waals surface area contributed by atoms with Gasteiger partial charge < -0.3 is 40.3 Å². The Morgan fingerprint density at radius 1 is 0.389 bits per heavy atom. The Kier molecular flexibility index (Phi) is 65.7. The van der Waals surface area contributed by atoms with Crippen molar-refractivity contribution in [1.29, 1.82) is 0 Å². The van der Waals surface area contributed by atoms with Gasteiger partial charge in [0.15, 0.2) is 6.29 Å². The van der Waals surface area contributed by atoms with Crippen molar-refractivity contribution in [1.82, 2.24) is 5.32 Å². The van der Waals surface area contributed by atoms with Crippen LogP contribution in [0, 0.1) is 0 Å². The minimum absolute atomic E-state index is 0.186. The first-order valence-corrected chi connectivity index (χ1v) is 38.8. The van der Waals surface area contributed by atoms with E-state index in [1.54, 1.807) is 6.08 Å². The normalized spacial score (nSPS) is 18.2. The fraction of sp³-hybridized carbons (Fsp3) is 0.815. The zero-order chi connectivity index (χ0) is 64.9. The molecule has 1 aliphatic rings. The highest BCUT2D eigenvalue weighted by atomic mass is 16.7. The molecule has 1 heterocycles. The molecule has 0 spiro atoms. The predicted molar refractivity (Wildman–Crippen MR) is 387 cm³/mol. The molecule has 0 aromatic rings. The summed E-state index contributed by atoms with van der Waals surface area (Å²) in [7, 11) is 0. The van der Waals surface area contributed by atoms with Crippen LogP contribution in [-0.4, -0.2) is 87.5 Å². The first kappa shape index (κ1) is 85.4. The third kappa shape index (κ3) is 56.9. The Hall–Kier alpha value is -2.63. The molecule has 1 saturated heterocycles. The maximum Gasteiger partial charge on any atom is 0.220 e. The summed E-state index contributed by atoms with van der Waals surface area (Å²) in [5.74, 6) is -0.186. The van der Waals surface area contributed by atoms with Gasteiger partial charge in [0, 0.05) is 6.42 Å². The number of allylic oxidation sites excluding steroid dienone is 13. The molecule has 6 N–H and O–H groups in total. The van der Waals surface area contributed by atoms with Crippen LogP contribution in [0.25, 0.3) is 0 Å². The van der Waals surface area contributed by atoms with Crippen LogP contribution in [-0.2, 0) is 14.3 Å². The molecule has 524 valence electrons. The van der Waals surface area contributed by atoms with Crippen molar-refractivity contribution < 1.29 is 39.8 Å². The molecule has 90 heavy (non-hydrogen) atoms. The number of rotatable bonds is 68. The molecular weight excluding hydrogens is 1110 g/mol. The van der Waals surface area contributed by atoms with Gasteiger partial charge in [0.25, 0.3) is 0 Å². The average Bonchev–Trinajstić information content (AvgIpc) is 1.28. The van der Waals surface area contributed by atoms with E-state index in [1.807, 2.05) is 6.08 Å². The second-order valence-electron chi connectivity index (χ2n) is 26.8. The minimum Gasteiger partial charge on any atom is -0.394 e. The van der Waals surface area contributed by atoms with Crippen LogP contribution in [0.4, 0.5) is 0 Å². The number of aliphatic hydroxyl groups is 5. The Labute approximate surface area is 556 Å². The van der Waals surface area contributed by atoms with Gasteiger partial charge >= 0.3 is 0 Å². The molecule has 0 aromatic heterocycles. The predicted octanol–water partition coefficient (Wildman–Crippen LogP) is 22.0. The van der Waals surface area contributed by atoms with E-state index in [0.29, 0.717) is 6.42 Å². The summed E-state index contributed by atoms with van der Waals surface area (Å²) in [6.45, 7) is 3.69. The van der Waals surface area contributed by atoms with Gasteiger partial charge in [-0.15, -0.1) is 0 Å². The van der Waals surface area contributed by atoms with Crippen molar-refractivity contribution >= 4 is 5.91 Å². The van der Waals surface area contributed by atoms with Crippen LogP contribution >= 0.6 is 0 Å². The lowest BCUT2D eigenvalue weighted by Gasteiger charge is -2.40. The third-order valence-electron chi connectivity index (χ3n) is 18.2. The van der Waals surface area contributed by atoms with Gasteiger partial charge in [0.1, 0.15) is 24.4 Å². The molecule has 0 bridgehead atoms. The van der Waals surface area contributed by atoms with E-state index in [1.165, 1.54) is 276 Å². The lowest BCUT2D eigenvalue weighted by atomic mass is 9.99. The molecule has 0 saturated carbocycles. The van der Waals surface area contributed by atoms with Crippen molar-refractivity contribution in [3.8, 4) is 0 Å². The van der Waals surface area contributed by atoms with E-state index in [4.69, 9.17) is 9.47 Å². The molecule has 1 aliphatic heterocycles. The highest BCUT2D eigenvalue weighted by molar-refractivity contribution is 5.76. The first-order valence-electron chi connectivity index (χ1n) is 38.8. The molecular formula is C81H147NO8. The number of ether oxygens (including phenoxy) is 2. The molecule has 0 aromatic carbocycles. The summed E-state index contributed by atoms with van der Waals surface area (Å²) in [6.07, 6.45) is 93.0. The number of amides is 1. The first-order chi connectivity index (χ1) is 44.3. The Morgan fingerprint density at radius 2 is 0.700 bits per heavy atom. The summed E-state index contributed by atoms with van der Waals surface area (Å²) in [5.41, 5.74) is 0. The van der Waals surface area contributed by atoms with Gasteiger partial charge in [-0.25, -0.2) is 0 Å². The lowest BCUT2D eigenvalue weighted by molar-refractivity contribution is -0.302. The van der Waals surface area contributed by atoms with E-state index >= 15 is 0 Å². The number of hydrogen-bond acceptors (Lipinski definition) is 8. The zero-order valence-corrected chi connectivity index (χ0v) is 58.9. The van der Waals surface area contributed by atoms with Gasteiger partial charge in [-0.1, -0.05) is 362 Å². The number of carbonyl (C=O) groups is 1. The van der Waals surface area contributed by atoms with Crippen LogP contribution in [0.15, 0.2) is 85.1 Å². The maximum absolute atomic E-state index is 13.2. The second-order valence-corrected chi connectivity index (χ2v) is 26.8. The molecule has 7 unspecified atom stereocenters. The summed E-state index contributed by atoms with van der Waals surface area (Å²) in [6, 6.07) is -0.833. The smallest absolute Gasteiger partial charge is 0.220 e. The monoisotopic (exact) mass is 1260 g/mol. The largest absolute Gasteiger partial charge is 0.394 e. The van der Waals surface area contributed by atoms with E-state index in [9.17, 15) is 30.3 Å². The molecule has 7 atom stereocenters. The molecule has 0 radical (unpaired) electrons. The van der Waals surface area contributed by atoms with Crippen LogP contribution < -0.4 is 5.32 Å². The van der Waals surface area contributed by atoms with Crippen molar-refractivity contribution in [3.05, 3.63) is 85.1 Å². The molecule has 9 nitrogen and oxygen atoms in total. The van der Waals surface area contributed by atoms with Gasteiger partial charge in [0.2, 0.25) is 5.91 Å². The zero-order valence-electron chi connectivity index (χ0n) is 58.9. The van der Waals surface area contributed by atoms with Crippen LogP contribution in [0.2, 0.25) is 0 Å². The van der Waals surface area contributed by atoms with E-state index in [2.05, 4.69) is 92.1 Å². The van der Waals surface area contributed by atoms with Crippen LogP contribution in [0.3, 0.4) is 0 Å². The number of unbranched alkanes of at least 4 members (excludes halogenated alkanes) is 46. The fourth-order valence-corrected chi connectivity index (χ4v) is 12.2. The minimum atomic E-state index is -1.58. The standard InChI is InChI=1S/C81H147NO8/c1-3-5-7-9-11-13-15-17-19-21-23-25-27-29-31-33-35-37-38-39-41-43-45-47-49-51-53-55-57-59-61-63-65-67-69-71-77(85)82-74(73-89-81-80(88)79(87)78(86)76(72-83)90-81)75(84)70-68-66-64-62-60-58-56-54-52-50-48-46-44-42-40-36-34-32-30-28-26-24-22-20-18-16-14-12-10-8-6-4-2/h5,7,11,13,17,19,23,25,52,54,60,62,68,70,74-76,78-81,83-84,86-88H,3-4,6,8-10,12,14-16,18,20-22,24,26-51,53,55-59,61,63-67,69,71-73H2,1-2H3,(H,82,85)/b7-5-,13-11-,19-17-,25-23-,54-52+,62-60+,70-68+. The highest BCUT2D eigenvalue weighted by Crippen LogP contribution is 2.24. The quantitative estimate of drug-likeness (QED) is 0.0261. The van der Waals surface area contributed by atoms with Crippen molar-refractivity contribution in [2.45, 2.75) is 410 Å². The van der Waals surface area contributed by atoms with Crippen molar-refractivity contribution in [2.24, 2.45) is 0 Å². The van der Waals surface area contributed by atoms with Crippen LogP contribution in [0.1, 0.15) is 367 Å². The van der Waals surface area contributed by atoms with E-state index < -0.39 is 49.5 Å². The number of nitrogens with one attached hydrogen (secondary N) is 1. The Bertz CT molecular complexity index is 1700. The van der Waals surface area contributed by atoms with Crippen LogP contribution in [0.5, 0.6) is 0 Å². The van der Waals surface area contributed by atoms with Crippen molar-refractivity contribution in [3.63, 3.8) is 0 Å². The topological polar surface area (TPSA) is 149 Å². The molecule has 1 rings (SSSR count). The summed E-state index contributed by atoms with van der Waals surface area (Å²) in [5, 5.41) is 54.8. The Morgan fingerprint density at radius 3 is 1.07 bits per heavy atom. The van der Waals surface area contributed by atoms with Gasteiger partial charge in [-0.05, 0) is 83.5 Å². The number of carbonyl (C=O) groups excluding carboxylic acids is 1. The van der Waals surface area contributed by atoms with E-state index in [-0.39, 0.29) is 12.5 Å². The molecule has 1 fully saturated rings. The fourth-order valence-electron chi connectivity index (χ4n) is 12.2. The second kappa shape index (κ2) is 69.2. The maximum atomic E-state index is 13.2. The number of aliphatic hydroxyl groups excluding tert-OH is 5. The summed E-state index contributed by atoms with van der Waals surface area (Å²) < 4.78 is 11.3. The van der Waals surface area contributed by atoms with E-state index in [0.717, 1.165) is 70.6 Å². The molecule has 0 aliphatic carbocycles. The summed E-state index contributed by atoms with van der Waals surface area (Å²) in [4.78, 5) is 13.2. The summed E-state index contributed by atoms with van der Waals surface area (Å²) >= 11 is 0.